The highest BCUT2D eigenvalue weighted by Crippen LogP contribution is 2.46. The summed E-state index contributed by atoms with van der Waals surface area (Å²) in [7, 11) is 2.18. The van der Waals surface area contributed by atoms with Gasteiger partial charge in [-0.1, -0.05) is 0 Å². The average Bonchev–Trinajstić information content (AvgIpc) is 3.26. The van der Waals surface area contributed by atoms with Crippen molar-refractivity contribution in [2.75, 3.05) is 57.8 Å². The molecule has 2 saturated heterocycles. The number of halogens is 3. The highest BCUT2D eigenvalue weighted by molar-refractivity contribution is 6.11. The molecule has 3 fully saturated rings. The maximum Gasteiger partial charge on any atom is 0.331 e. The second-order valence-corrected chi connectivity index (χ2v) is 9.33. The number of carbonyl (C=O) groups is 1. The molecule has 11 heteroatoms. The Labute approximate surface area is 204 Å². The number of aromatic nitrogens is 1. The highest BCUT2D eigenvalue weighted by atomic mass is 19.3. The van der Waals surface area contributed by atoms with Crippen LogP contribution in [0.5, 0.6) is 0 Å². The first-order valence-corrected chi connectivity index (χ1v) is 11.9. The molecule has 1 aromatic rings. The fraction of sp³-hybridized carbons (Fsp3) is 0.625. The molecule has 1 spiro atoms. The first-order chi connectivity index (χ1) is 16.8. The van der Waals surface area contributed by atoms with Crippen LogP contribution < -0.4 is 10.6 Å². The van der Waals surface area contributed by atoms with Crippen LogP contribution in [0.25, 0.3) is 5.57 Å². The summed E-state index contributed by atoms with van der Waals surface area (Å²) in [5, 5.41) is 0. The Balaban J connectivity index is 0.000000623. The third-order valence-corrected chi connectivity index (χ3v) is 6.91. The van der Waals surface area contributed by atoms with Gasteiger partial charge in [-0.25, -0.2) is 9.98 Å². The molecule has 0 amide bonds. The fourth-order valence-electron chi connectivity index (χ4n) is 5.47. The minimum Gasteiger partial charge on any atom is -0.468 e. The Morgan fingerprint density at radius 3 is 2.57 bits per heavy atom. The fourth-order valence-corrected chi connectivity index (χ4v) is 5.47. The van der Waals surface area contributed by atoms with Crippen LogP contribution in [-0.4, -0.2) is 93.0 Å². The molecule has 1 aromatic heterocycles. The minimum absolute atomic E-state index is 0.298. The van der Waals surface area contributed by atoms with Gasteiger partial charge >= 0.3 is 6.55 Å². The topological polar surface area (TPSA) is 87.3 Å². The van der Waals surface area contributed by atoms with Crippen LogP contribution >= 0.6 is 0 Å². The van der Waals surface area contributed by atoms with Gasteiger partial charge in [-0.3, -0.25) is 9.69 Å². The van der Waals surface area contributed by atoms with Gasteiger partial charge < -0.3 is 20.3 Å². The highest BCUT2D eigenvalue weighted by Gasteiger charge is 2.48. The summed E-state index contributed by atoms with van der Waals surface area (Å²) >= 11 is 0. The van der Waals surface area contributed by atoms with Gasteiger partial charge in [-0.05, 0) is 50.8 Å². The van der Waals surface area contributed by atoms with E-state index in [4.69, 9.17) is 5.73 Å². The third kappa shape index (κ3) is 6.94. The lowest BCUT2D eigenvalue weighted by molar-refractivity contribution is -0.128. The molecule has 35 heavy (non-hydrogen) atoms. The predicted octanol–water partition coefficient (Wildman–Crippen LogP) is 2.60. The van der Waals surface area contributed by atoms with E-state index in [0.29, 0.717) is 54.6 Å². The van der Waals surface area contributed by atoms with Crippen molar-refractivity contribution in [3.8, 4) is 0 Å². The smallest absolute Gasteiger partial charge is 0.331 e. The van der Waals surface area contributed by atoms with Gasteiger partial charge in [0.15, 0.2) is 0 Å². The molecular weight excluding hydrogens is 461 g/mol. The normalized spacial score (nSPS) is 22.9. The number of piperazine rings is 1. The van der Waals surface area contributed by atoms with Gasteiger partial charge in [0.2, 0.25) is 5.95 Å². The molecule has 1 saturated carbocycles. The van der Waals surface area contributed by atoms with Crippen molar-refractivity contribution < 1.29 is 22.7 Å². The Bertz CT molecular complexity index is 899. The number of nitrogens with two attached hydrogens (primary N) is 1. The number of aliphatic imine (C=N–C) groups is 1. The monoisotopic (exact) mass is 496 g/mol. The number of likely N-dealkylation sites (tertiary alicyclic amines) is 1. The van der Waals surface area contributed by atoms with Crippen LogP contribution in [0.2, 0.25) is 0 Å². The van der Waals surface area contributed by atoms with E-state index in [-0.39, 0.29) is 0 Å². The molecule has 1 aliphatic carbocycles. The molecule has 8 nitrogen and oxygen atoms in total. The van der Waals surface area contributed by atoms with E-state index in [9.17, 15) is 18.0 Å². The van der Waals surface area contributed by atoms with Crippen LogP contribution in [0.1, 0.15) is 31.7 Å². The molecule has 1 atom stereocenters. The second-order valence-electron chi connectivity index (χ2n) is 9.33. The van der Waals surface area contributed by atoms with Crippen LogP contribution in [0, 0.1) is 11.4 Å². The van der Waals surface area contributed by atoms with Gasteiger partial charge in [-0.2, -0.15) is 13.2 Å². The molecule has 2 aliphatic heterocycles. The number of hydrogen-bond acceptors (Lipinski definition) is 8. The van der Waals surface area contributed by atoms with Crippen LogP contribution in [0.15, 0.2) is 23.3 Å². The Hall–Kier alpha value is -2.66. The first-order valence-electron chi connectivity index (χ1n) is 11.9. The van der Waals surface area contributed by atoms with E-state index >= 15 is 0 Å². The zero-order valence-corrected chi connectivity index (χ0v) is 20.4. The molecule has 3 aliphatic rings. The number of nitrogens with zero attached hydrogens (tertiary/aromatic N) is 5. The summed E-state index contributed by atoms with van der Waals surface area (Å²) in [5.74, 6) is -0.180. The summed E-state index contributed by atoms with van der Waals surface area (Å²) in [6.07, 6.45) is 6.01. The molecule has 1 unspecified atom stereocenters. The molecule has 0 aromatic carbocycles. The number of pyridine rings is 1. The first kappa shape index (κ1) is 26.9. The van der Waals surface area contributed by atoms with Gasteiger partial charge in [0.1, 0.15) is 5.82 Å². The summed E-state index contributed by atoms with van der Waals surface area (Å²) < 4.78 is 43.1. The van der Waals surface area contributed by atoms with Crippen molar-refractivity contribution in [2.24, 2.45) is 16.1 Å². The molecule has 0 bridgehead atoms. The summed E-state index contributed by atoms with van der Waals surface area (Å²) in [4.78, 5) is 23.3. The zero-order chi connectivity index (χ0) is 25.4. The van der Waals surface area contributed by atoms with Crippen LogP contribution in [0.4, 0.5) is 19.0 Å². The molecular formula is C24H35F3N6O2. The third-order valence-electron chi connectivity index (χ3n) is 6.91. The number of ether oxygens (including phenoxy) is 1. The molecule has 3 heterocycles. The molecule has 194 valence electrons. The standard InChI is InChI=1S/C21H29F3N6.C3H6O2/c1-28-13-21(14-28)5-4-16(10-21)29-6-8-30(9-7-29)19-17(2-3-18(22)27-19)15(11-25)12-26-20(23)24;1-2-5-3-4/h2-3,11-12,16,20H,4-10,13-14,25H2,1H3;3H,2H2,1H3/b15-11+,26-12+;. The Kier molecular flexibility index (Phi) is 9.50. The number of rotatable bonds is 7. The minimum atomic E-state index is -2.83. The SMILES string of the molecule is CCOC=O.CN1CC2(CCC(N3CCN(c4nc(F)ccc4C(=C/N)/C=N/C(F)F)CC3)C2)C1. The second kappa shape index (κ2) is 12.3. The van der Waals surface area contributed by atoms with Crippen molar-refractivity contribution in [3.05, 3.63) is 29.8 Å². The lowest BCUT2D eigenvalue weighted by atomic mass is 9.78. The van der Waals surface area contributed by atoms with E-state index in [1.165, 1.54) is 50.7 Å². The van der Waals surface area contributed by atoms with Crippen molar-refractivity contribution in [3.63, 3.8) is 0 Å². The zero-order valence-electron chi connectivity index (χ0n) is 20.4. The number of allylic oxidation sites excluding steroid dienone is 1. The van der Waals surface area contributed by atoms with E-state index < -0.39 is 12.5 Å². The average molecular weight is 497 g/mol. The van der Waals surface area contributed by atoms with E-state index in [1.807, 2.05) is 4.90 Å². The maximum absolute atomic E-state index is 13.9. The largest absolute Gasteiger partial charge is 0.468 e. The van der Waals surface area contributed by atoms with E-state index in [0.717, 1.165) is 19.3 Å². The van der Waals surface area contributed by atoms with Gasteiger partial charge in [-0.15, -0.1) is 0 Å². The molecule has 0 radical (unpaired) electrons. The summed E-state index contributed by atoms with van der Waals surface area (Å²) in [6.45, 7) is 5.40. The number of anilines is 1. The number of hydrogen-bond donors (Lipinski definition) is 1. The molecule has 4 rings (SSSR count). The Morgan fingerprint density at radius 1 is 1.31 bits per heavy atom. The lowest BCUT2D eigenvalue weighted by Crippen LogP contribution is -2.54. The van der Waals surface area contributed by atoms with Gasteiger partial charge in [0.05, 0.1) is 6.61 Å². The lowest BCUT2D eigenvalue weighted by Gasteiger charge is -2.47. The Morgan fingerprint density at radius 2 is 2.03 bits per heavy atom. The van der Waals surface area contributed by atoms with E-state index in [1.54, 1.807) is 6.92 Å². The van der Waals surface area contributed by atoms with Crippen LogP contribution in [0.3, 0.4) is 0 Å². The van der Waals surface area contributed by atoms with Crippen molar-refractivity contribution in [1.29, 1.82) is 0 Å². The number of alkyl halides is 2. The van der Waals surface area contributed by atoms with Crippen molar-refractivity contribution in [2.45, 2.75) is 38.8 Å². The summed E-state index contributed by atoms with van der Waals surface area (Å²) in [5.41, 5.74) is 6.96. The van der Waals surface area contributed by atoms with E-state index in [2.05, 4.69) is 31.6 Å². The maximum atomic E-state index is 13.9. The number of carbonyl (C=O) groups excluding carboxylic acids is 1. The summed E-state index contributed by atoms with van der Waals surface area (Å²) in [6, 6.07) is 3.34. The molecule has 2 N–H and O–H groups in total. The van der Waals surface area contributed by atoms with Crippen molar-refractivity contribution in [1.82, 2.24) is 14.8 Å². The predicted molar refractivity (Wildman–Crippen MR) is 130 cm³/mol. The van der Waals surface area contributed by atoms with Crippen molar-refractivity contribution >= 4 is 24.1 Å². The van der Waals surface area contributed by atoms with Gasteiger partial charge in [0.25, 0.3) is 6.47 Å². The van der Waals surface area contributed by atoms with Gasteiger partial charge in [0, 0.05) is 68.9 Å². The quantitative estimate of drug-likeness (QED) is 0.269. The van der Waals surface area contributed by atoms with Crippen LogP contribution in [-0.2, 0) is 9.53 Å².